The molecule has 0 unspecified atom stereocenters. The molecule has 0 radical (unpaired) electrons. The fourth-order valence-corrected chi connectivity index (χ4v) is 3.21. The maximum absolute atomic E-state index is 12.6. The molecule has 0 saturated heterocycles. The fraction of sp³-hybridized carbons (Fsp3) is 0.214. The largest absolute Gasteiger partial charge is 0.469 e. The number of sulfonamides is 1. The Balaban J connectivity index is 2.31. The number of furan rings is 1. The Labute approximate surface area is 129 Å². The lowest BCUT2D eigenvalue weighted by Gasteiger charge is -2.17. The molecular formula is C14H16N2O3S2. The Hall–Kier alpha value is -1.70. The molecule has 0 amide bonds. The van der Waals surface area contributed by atoms with E-state index in [4.69, 9.17) is 22.4 Å². The minimum absolute atomic E-state index is 0.163. The van der Waals surface area contributed by atoms with E-state index in [1.165, 1.54) is 23.5 Å². The Morgan fingerprint density at radius 3 is 2.67 bits per heavy atom. The van der Waals surface area contributed by atoms with Gasteiger partial charge in [-0.1, -0.05) is 24.4 Å². The summed E-state index contributed by atoms with van der Waals surface area (Å²) in [7, 11) is -2.09. The number of hydrogen-bond donors (Lipinski definition) is 1. The van der Waals surface area contributed by atoms with Crippen molar-refractivity contribution in [3.63, 3.8) is 0 Å². The van der Waals surface area contributed by atoms with Crippen molar-refractivity contribution in [1.82, 2.24) is 4.31 Å². The zero-order valence-electron chi connectivity index (χ0n) is 11.7. The Morgan fingerprint density at radius 2 is 2.10 bits per heavy atom. The van der Waals surface area contributed by atoms with E-state index >= 15 is 0 Å². The summed E-state index contributed by atoms with van der Waals surface area (Å²) in [5.74, 6) is 0.703. The van der Waals surface area contributed by atoms with Gasteiger partial charge in [0, 0.05) is 24.7 Å². The topological polar surface area (TPSA) is 76.5 Å². The van der Waals surface area contributed by atoms with Gasteiger partial charge in [-0.3, -0.25) is 0 Å². The molecule has 21 heavy (non-hydrogen) atoms. The van der Waals surface area contributed by atoms with E-state index in [2.05, 4.69) is 0 Å². The number of nitrogens with zero attached hydrogens (tertiary/aromatic N) is 1. The third kappa shape index (κ3) is 3.31. The Bertz CT molecular complexity index is 766. The third-order valence-corrected chi connectivity index (χ3v) is 5.22. The second-order valence-electron chi connectivity index (χ2n) is 4.66. The van der Waals surface area contributed by atoms with Crippen molar-refractivity contribution in [2.45, 2.75) is 18.4 Å². The van der Waals surface area contributed by atoms with Gasteiger partial charge in [-0.2, -0.15) is 4.31 Å². The van der Waals surface area contributed by atoms with Gasteiger partial charge in [0.2, 0.25) is 10.0 Å². The lowest BCUT2D eigenvalue weighted by molar-refractivity contribution is 0.459. The number of rotatable bonds is 5. The van der Waals surface area contributed by atoms with Crippen LogP contribution >= 0.6 is 12.2 Å². The van der Waals surface area contributed by atoms with Gasteiger partial charge in [-0.05, 0) is 25.1 Å². The van der Waals surface area contributed by atoms with Gasteiger partial charge >= 0.3 is 0 Å². The SMILES string of the molecule is Cc1occc1CN(C)S(=O)(=O)c1cccc(C(N)=S)c1. The summed E-state index contributed by atoms with van der Waals surface area (Å²) in [6.07, 6.45) is 1.54. The van der Waals surface area contributed by atoms with Gasteiger partial charge in [0.1, 0.15) is 10.7 Å². The van der Waals surface area contributed by atoms with Crippen LogP contribution in [0.1, 0.15) is 16.9 Å². The lowest BCUT2D eigenvalue weighted by Crippen LogP contribution is -2.27. The van der Waals surface area contributed by atoms with Gasteiger partial charge in [-0.15, -0.1) is 0 Å². The molecule has 0 fully saturated rings. The summed E-state index contributed by atoms with van der Waals surface area (Å²) in [5, 5.41) is 0. The molecule has 2 N–H and O–H groups in total. The predicted octanol–water partition coefficient (Wildman–Crippen LogP) is 2.04. The first kappa shape index (κ1) is 15.7. The molecule has 1 heterocycles. The van der Waals surface area contributed by atoms with E-state index in [1.54, 1.807) is 31.4 Å². The van der Waals surface area contributed by atoms with Crippen molar-refractivity contribution in [3.05, 3.63) is 53.5 Å². The molecule has 0 bridgehead atoms. The normalized spacial score (nSPS) is 11.8. The highest BCUT2D eigenvalue weighted by atomic mass is 32.2. The average Bonchev–Trinajstić information content (AvgIpc) is 2.84. The van der Waals surface area contributed by atoms with Crippen molar-refractivity contribution in [3.8, 4) is 0 Å². The van der Waals surface area contributed by atoms with Crippen molar-refractivity contribution in [2.24, 2.45) is 5.73 Å². The maximum atomic E-state index is 12.6. The predicted molar refractivity (Wildman–Crippen MR) is 84.4 cm³/mol. The quantitative estimate of drug-likeness (QED) is 0.852. The minimum Gasteiger partial charge on any atom is -0.469 e. The second kappa shape index (κ2) is 5.97. The lowest BCUT2D eigenvalue weighted by atomic mass is 10.2. The van der Waals surface area contributed by atoms with E-state index in [1.807, 2.05) is 0 Å². The van der Waals surface area contributed by atoms with E-state index in [0.717, 1.165) is 5.56 Å². The van der Waals surface area contributed by atoms with Crippen LogP contribution in [0.25, 0.3) is 0 Å². The molecule has 5 nitrogen and oxygen atoms in total. The van der Waals surface area contributed by atoms with Crippen LogP contribution < -0.4 is 5.73 Å². The standard InChI is InChI=1S/C14H16N2O3S2/c1-10-12(6-7-19-10)9-16(2)21(17,18)13-5-3-4-11(8-13)14(15)20/h3-8H,9H2,1-2H3,(H2,15,20). The summed E-state index contributed by atoms with van der Waals surface area (Å²) in [6.45, 7) is 2.03. The molecule has 112 valence electrons. The van der Waals surface area contributed by atoms with Crippen LogP contribution in [-0.4, -0.2) is 24.8 Å². The van der Waals surface area contributed by atoms with E-state index in [-0.39, 0.29) is 16.4 Å². The van der Waals surface area contributed by atoms with E-state index in [9.17, 15) is 8.42 Å². The van der Waals surface area contributed by atoms with Crippen LogP contribution in [0, 0.1) is 6.92 Å². The molecule has 0 spiro atoms. The van der Waals surface area contributed by atoms with Crippen molar-refractivity contribution < 1.29 is 12.8 Å². The molecule has 0 aliphatic heterocycles. The number of hydrogen-bond acceptors (Lipinski definition) is 4. The smallest absolute Gasteiger partial charge is 0.243 e. The molecule has 2 aromatic rings. The fourth-order valence-electron chi connectivity index (χ4n) is 1.89. The van der Waals surface area contributed by atoms with Crippen LogP contribution in [0.3, 0.4) is 0 Å². The number of nitrogens with two attached hydrogens (primary N) is 1. The van der Waals surface area contributed by atoms with E-state index in [0.29, 0.717) is 11.3 Å². The summed E-state index contributed by atoms with van der Waals surface area (Å²) in [4.78, 5) is 0.330. The molecule has 0 atom stereocenters. The molecule has 0 aliphatic carbocycles. The first-order valence-electron chi connectivity index (χ1n) is 6.21. The van der Waals surface area contributed by atoms with Crippen LogP contribution in [0.4, 0.5) is 0 Å². The van der Waals surface area contributed by atoms with Crippen LogP contribution in [0.5, 0.6) is 0 Å². The highest BCUT2D eigenvalue weighted by Gasteiger charge is 2.22. The summed E-state index contributed by atoms with van der Waals surface area (Å²) in [6, 6.07) is 8.07. The summed E-state index contributed by atoms with van der Waals surface area (Å²) < 4.78 is 31.6. The highest BCUT2D eigenvalue weighted by molar-refractivity contribution is 7.89. The van der Waals surface area contributed by atoms with Gasteiger partial charge in [0.05, 0.1) is 11.2 Å². The van der Waals surface area contributed by atoms with Crippen molar-refractivity contribution in [2.75, 3.05) is 7.05 Å². The Morgan fingerprint density at radius 1 is 1.38 bits per heavy atom. The van der Waals surface area contributed by atoms with E-state index < -0.39 is 10.0 Å². The molecular weight excluding hydrogens is 308 g/mol. The summed E-state index contributed by atoms with van der Waals surface area (Å²) in [5.41, 5.74) is 6.89. The molecule has 1 aromatic heterocycles. The summed E-state index contributed by atoms with van der Waals surface area (Å²) >= 11 is 4.88. The third-order valence-electron chi connectivity index (χ3n) is 3.19. The molecule has 1 aromatic carbocycles. The zero-order valence-corrected chi connectivity index (χ0v) is 13.4. The van der Waals surface area contributed by atoms with Crippen LogP contribution in [0.2, 0.25) is 0 Å². The first-order chi connectivity index (χ1) is 9.82. The van der Waals surface area contributed by atoms with Crippen LogP contribution in [0.15, 0.2) is 45.9 Å². The number of aryl methyl sites for hydroxylation is 1. The highest BCUT2D eigenvalue weighted by Crippen LogP contribution is 2.19. The van der Waals surface area contributed by atoms with Gasteiger partial charge < -0.3 is 10.2 Å². The van der Waals surface area contributed by atoms with Crippen LogP contribution in [-0.2, 0) is 16.6 Å². The molecule has 7 heteroatoms. The minimum atomic E-state index is -3.61. The number of thiocarbonyl (C=S) groups is 1. The molecule has 2 rings (SSSR count). The van der Waals surface area contributed by atoms with Gasteiger partial charge in [-0.25, -0.2) is 8.42 Å². The molecule has 0 aliphatic rings. The average molecular weight is 324 g/mol. The van der Waals surface area contributed by atoms with Gasteiger partial charge in [0.15, 0.2) is 0 Å². The van der Waals surface area contributed by atoms with Crippen molar-refractivity contribution >= 4 is 27.2 Å². The molecule has 0 saturated carbocycles. The maximum Gasteiger partial charge on any atom is 0.243 e. The monoisotopic (exact) mass is 324 g/mol. The Kier molecular flexibility index (Phi) is 4.46. The zero-order chi connectivity index (χ0) is 15.6. The van der Waals surface area contributed by atoms with Gasteiger partial charge in [0.25, 0.3) is 0 Å². The van der Waals surface area contributed by atoms with Crippen molar-refractivity contribution in [1.29, 1.82) is 0 Å². The second-order valence-corrected chi connectivity index (χ2v) is 7.14. The first-order valence-corrected chi connectivity index (χ1v) is 8.06. The number of benzene rings is 1.